The van der Waals surface area contributed by atoms with Crippen molar-refractivity contribution >= 4 is 17.7 Å². The van der Waals surface area contributed by atoms with Crippen LogP contribution in [0.25, 0.3) is 0 Å². The van der Waals surface area contributed by atoms with Gasteiger partial charge < -0.3 is 14.1 Å². The highest BCUT2D eigenvalue weighted by Crippen LogP contribution is 2.46. The minimum absolute atomic E-state index is 0.0610. The number of nitrogens with zero attached hydrogens (tertiary/aromatic N) is 3. The third-order valence-corrected chi connectivity index (χ3v) is 6.13. The van der Waals surface area contributed by atoms with Crippen molar-refractivity contribution < 1.29 is 13.9 Å². The molecule has 1 unspecified atom stereocenters. The van der Waals surface area contributed by atoms with Gasteiger partial charge in [-0.25, -0.2) is 4.98 Å². The molecule has 7 heteroatoms. The van der Waals surface area contributed by atoms with Gasteiger partial charge in [0.1, 0.15) is 0 Å². The van der Waals surface area contributed by atoms with Crippen LogP contribution in [0.1, 0.15) is 28.4 Å². The quantitative estimate of drug-likeness (QED) is 0.847. The molecule has 6 nitrogen and oxygen atoms in total. The van der Waals surface area contributed by atoms with Crippen molar-refractivity contribution in [3.63, 3.8) is 0 Å². The molecule has 2 aromatic rings. The van der Waals surface area contributed by atoms with Crippen LogP contribution in [0.2, 0.25) is 0 Å². The van der Waals surface area contributed by atoms with Crippen LogP contribution in [-0.2, 0) is 11.3 Å². The molecule has 1 spiro atoms. The van der Waals surface area contributed by atoms with Crippen LogP contribution in [0.15, 0.2) is 35.2 Å². The van der Waals surface area contributed by atoms with Gasteiger partial charge in [0.05, 0.1) is 28.8 Å². The molecule has 0 radical (unpaired) electrons. The molecule has 0 aromatic carbocycles. The van der Waals surface area contributed by atoms with Gasteiger partial charge in [0, 0.05) is 25.0 Å². The number of rotatable bonds is 4. The first-order valence-corrected chi connectivity index (χ1v) is 8.99. The molecule has 126 valence electrons. The molecule has 4 heterocycles. The molecule has 2 aliphatic rings. The number of ether oxygens (including phenoxy) is 1. The zero-order valence-corrected chi connectivity index (χ0v) is 14.3. The SMILES string of the molecule is Cc1ncoc1C(=O)N1CC2(CC(OCc3ccccn3)CS2)C1. The summed E-state index contributed by atoms with van der Waals surface area (Å²) in [6, 6.07) is 5.85. The number of carbonyl (C=O) groups is 1. The summed E-state index contributed by atoms with van der Waals surface area (Å²) in [6.07, 6.45) is 4.30. The van der Waals surface area contributed by atoms with Gasteiger partial charge in [0.2, 0.25) is 5.76 Å². The first kappa shape index (κ1) is 15.7. The fraction of sp³-hybridized carbons (Fsp3) is 0.471. The Hall–Kier alpha value is -1.86. The normalized spacial score (nSPS) is 21.9. The lowest BCUT2D eigenvalue weighted by atomic mass is 9.92. The average Bonchev–Trinajstić information content (AvgIpc) is 3.18. The molecule has 2 aromatic heterocycles. The molecule has 0 aliphatic carbocycles. The summed E-state index contributed by atoms with van der Waals surface area (Å²) in [5.41, 5.74) is 1.60. The lowest BCUT2D eigenvalue weighted by Gasteiger charge is -2.47. The number of hydrogen-bond donors (Lipinski definition) is 0. The predicted molar refractivity (Wildman–Crippen MR) is 89.8 cm³/mol. The summed E-state index contributed by atoms with van der Waals surface area (Å²) in [7, 11) is 0. The van der Waals surface area contributed by atoms with Crippen molar-refractivity contribution in [2.45, 2.75) is 30.8 Å². The number of carbonyl (C=O) groups excluding carboxylic acids is 1. The Balaban J connectivity index is 1.29. The molecule has 4 rings (SSSR count). The van der Waals surface area contributed by atoms with E-state index in [1.54, 1.807) is 13.1 Å². The smallest absolute Gasteiger partial charge is 0.291 e. The maximum atomic E-state index is 12.4. The number of thioether (sulfide) groups is 1. The predicted octanol–water partition coefficient (Wildman–Crippen LogP) is 2.29. The van der Waals surface area contributed by atoms with E-state index < -0.39 is 0 Å². The molecule has 0 saturated carbocycles. The summed E-state index contributed by atoms with van der Waals surface area (Å²) in [6.45, 7) is 3.83. The summed E-state index contributed by atoms with van der Waals surface area (Å²) in [5.74, 6) is 1.26. The van der Waals surface area contributed by atoms with Crippen LogP contribution < -0.4 is 0 Å². The van der Waals surface area contributed by atoms with Gasteiger partial charge in [0.15, 0.2) is 6.39 Å². The van der Waals surface area contributed by atoms with Gasteiger partial charge in [-0.2, -0.15) is 0 Å². The van der Waals surface area contributed by atoms with E-state index in [2.05, 4.69) is 9.97 Å². The topological polar surface area (TPSA) is 68.5 Å². The van der Waals surface area contributed by atoms with Crippen LogP contribution in [0.3, 0.4) is 0 Å². The minimum atomic E-state index is -0.0610. The van der Waals surface area contributed by atoms with Crippen molar-refractivity contribution in [2.24, 2.45) is 0 Å². The van der Waals surface area contributed by atoms with E-state index in [0.717, 1.165) is 31.0 Å². The third kappa shape index (κ3) is 2.93. The Kier molecular flexibility index (Phi) is 4.05. The maximum Gasteiger partial charge on any atom is 0.291 e. The van der Waals surface area contributed by atoms with Crippen LogP contribution in [-0.4, -0.2) is 50.5 Å². The van der Waals surface area contributed by atoms with Crippen LogP contribution in [0, 0.1) is 6.92 Å². The molecule has 24 heavy (non-hydrogen) atoms. The first-order valence-electron chi connectivity index (χ1n) is 8.00. The third-order valence-electron chi connectivity index (χ3n) is 4.55. The summed E-state index contributed by atoms with van der Waals surface area (Å²) >= 11 is 1.91. The lowest BCUT2D eigenvalue weighted by Crippen LogP contribution is -2.60. The van der Waals surface area contributed by atoms with Crippen LogP contribution >= 0.6 is 11.8 Å². The van der Waals surface area contributed by atoms with E-state index in [1.807, 2.05) is 34.9 Å². The van der Waals surface area contributed by atoms with Crippen molar-refractivity contribution in [1.82, 2.24) is 14.9 Å². The highest BCUT2D eigenvalue weighted by Gasteiger charge is 2.51. The zero-order chi connectivity index (χ0) is 16.6. The summed E-state index contributed by atoms with van der Waals surface area (Å²) in [4.78, 5) is 22.5. The largest absolute Gasteiger partial charge is 0.438 e. The Morgan fingerprint density at radius 2 is 2.33 bits per heavy atom. The molecular formula is C17H19N3O3S. The lowest BCUT2D eigenvalue weighted by molar-refractivity contribution is 0.0233. The fourth-order valence-electron chi connectivity index (χ4n) is 3.26. The van der Waals surface area contributed by atoms with Crippen molar-refractivity contribution in [2.75, 3.05) is 18.8 Å². The van der Waals surface area contributed by atoms with Crippen LogP contribution in [0.5, 0.6) is 0 Å². The Labute approximate surface area is 144 Å². The molecular weight excluding hydrogens is 326 g/mol. The van der Waals surface area contributed by atoms with Gasteiger partial charge in [0.25, 0.3) is 5.91 Å². The molecule has 2 fully saturated rings. The number of oxazole rings is 1. The van der Waals surface area contributed by atoms with E-state index in [0.29, 0.717) is 18.1 Å². The number of hydrogen-bond acceptors (Lipinski definition) is 6. The molecule has 0 bridgehead atoms. The summed E-state index contributed by atoms with van der Waals surface area (Å²) in [5, 5.41) is 0. The summed E-state index contributed by atoms with van der Waals surface area (Å²) < 4.78 is 11.3. The second-order valence-electron chi connectivity index (χ2n) is 6.38. The van der Waals surface area contributed by atoms with Gasteiger partial charge in [-0.15, -0.1) is 11.8 Å². The number of likely N-dealkylation sites (tertiary alicyclic amines) is 1. The van der Waals surface area contributed by atoms with E-state index in [1.165, 1.54) is 6.39 Å². The minimum Gasteiger partial charge on any atom is -0.438 e. The second-order valence-corrected chi connectivity index (χ2v) is 7.87. The molecule has 1 amide bonds. The number of aryl methyl sites for hydroxylation is 1. The maximum absolute atomic E-state index is 12.4. The van der Waals surface area contributed by atoms with Gasteiger partial charge in [-0.3, -0.25) is 9.78 Å². The Bertz CT molecular complexity index is 728. The van der Waals surface area contributed by atoms with Gasteiger partial charge >= 0.3 is 0 Å². The van der Waals surface area contributed by atoms with Crippen LogP contribution in [0.4, 0.5) is 0 Å². The number of amides is 1. The molecule has 2 aliphatic heterocycles. The van der Waals surface area contributed by atoms with Crippen molar-refractivity contribution in [3.8, 4) is 0 Å². The van der Waals surface area contributed by atoms with E-state index in [9.17, 15) is 4.79 Å². The van der Waals surface area contributed by atoms with Crippen molar-refractivity contribution in [3.05, 3.63) is 47.9 Å². The highest BCUT2D eigenvalue weighted by molar-refractivity contribution is 8.01. The Morgan fingerprint density at radius 1 is 1.46 bits per heavy atom. The molecule has 0 N–H and O–H groups in total. The molecule has 1 atom stereocenters. The average molecular weight is 345 g/mol. The van der Waals surface area contributed by atoms with E-state index in [-0.39, 0.29) is 16.8 Å². The molecule has 2 saturated heterocycles. The second kappa shape index (κ2) is 6.22. The van der Waals surface area contributed by atoms with E-state index in [4.69, 9.17) is 9.15 Å². The Morgan fingerprint density at radius 3 is 3.04 bits per heavy atom. The first-order chi connectivity index (χ1) is 11.7. The van der Waals surface area contributed by atoms with Gasteiger partial charge in [-0.05, 0) is 25.5 Å². The monoisotopic (exact) mass is 345 g/mol. The van der Waals surface area contributed by atoms with E-state index >= 15 is 0 Å². The number of pyridine rings is 1. The van der Waals surface area contributed by atoms with Gasteiger partial charge in [-0.1, -0.05) is 6.07 Å². The highest BCUT2D eigenvalue weighted by atomic mass is 32.2. The van der Waals surface area contributed by atoms with Crippen molar-refractivity contribution in [1.29, 1.82) is 0 Å². The standard InChI is InChI=1S/C17H19N3O3S/c1-12-15(23-11-19-12)16(21)20-9-17(10-20)6-14(8-24-17)22-7-13-4-2-3-5-18-13/h2-5,11,14H,6-10H2,1H3. The fourth-order valence-corrected chi connectivity index (χ4v) is 4.81. The number of aromatic nitrogens is 2. The zero-order valence-electron chi connectivity index (χ0n) is 13.5.